The molecule has 0 aromatic heterocycles. The summed E-state index contributed by atoms with van der Waals surface area (Å²) in [4.78, 5) is 26.1. The van der Waals surface area contributed by atoms with Crippen LogP contribution in [0.25, 0.3) is 0 Å². The molecule has 1 aliphatic carbocycles. The molecule has 2 aromatic carbocycles. The minimum absolute atomic E-state index is 0.113. The lowest BCUT2D eigenvalue weighted by molar-refractivity contribution is -0.120. The zero-order chi connectivity index (χ0) is 21.5. The Balaban J connectivity index is 1.70. The first kappa shape index (κ1) is 20.1. The van der Waals surface area contributed by atoms with Crippen LogP contribution in [0.2, 0.25) is 0 Å². The van der Waals surface area contributed by atoms with Gasteiger partial charge in [-0.05, 0) is 37.8 Å². The van der Waals surface area contributed by atoms with Crippen molar-refractivity contribution in [1.82, 2.24) is 0 Å². The van der Waals surface area contributed by atoms with Crippen molar-refractivity contribution in [2.75, 3.05) is 12.0 Å². The fraction of sp³-hybridized carbons (Fsp3) is 0.238. The Morgan fingerprint density at radius 2 is 1.53 bits per heavy atom. The highest BCUT2D eigenvalue weighted by Crippen LogP contribution is 2.41. The second kappa shape index (κ2) is 7.56. The average Bonchev–Trinajstić information content (AvgIpc) is 2.99. The molecular formula is C21H18FNO6S. The number of ether oxygens (including phenoxy) is 1. The van der Waals surface area contributed by atoms with Gasteiger partial charge in [0.25, 0.3) is 11.8 Å². The van der Waals surface area contributed by atoms with Crippen molar-refractivity contribution in [3.8, 4) is 11.5 Å². The Hall–Kier alpha value is -3.20. The summed E-state index contributed by atoms with van der Waals surface area (Å²) in [5.74, 6) is -2.60. The van der Waals surface area contributed by atoms with Gasteiger partial charge in [-0.1, -0.05) is 18.2 Å². The van der Waals surface area contributed by atoms with Crippen LogP contribution in [0.5, 0.6) is 11.5 Å². The van der Waals surface area contributed by atoms with E-state index in [9.17, 15) is 22.4 Å². The number of benzene rings is 2. The fourth-order valence-electron chi connectivity index (χ4n) is 3.63. The Kier molecular flexibility index (Phi) is 5.07. The average molecular weight is 431 g/mol. The summed E-state index contributed by atoms with van der Waals surface area (Å²) in [6, 6.07) is 9.26. The molecule has 4 rings (SSSR count). The summed E-state index contributed by atoms with van der Waals surface area (Å²) in [5.41, 5.74) is 0.522. The van der Waals surface area contributed by atoms with Crippen LogP contribution in [-0.2, 0) is 19.7 Å². The molecule has 1 aliphatic heterocycles. The SMILES string of the molecule is COc1cc(N2C(=O)C3=C(CCCC3)C2=O)c(F)cc1OS(=O)(=O)c1ccccc1. The Labute approximate surface area is 172 Å². The summed E-state index contributed by atoms with van der Waals surface area (Å²) in [6.45, 7) is 0. The molecular weight excluding hydrogens is 413 g/mol. The van der Waals surface area contributed by atoms with E-state index in [1.807, 2.05) is 0 Å². The lowest BCUT2D eigenvalue weighted by Gasteiger charge is -2.18. The minimum Gasteiger partial charge on any atom is -0.493 e. The molecule has 2 aromatic rings. The molecule has 7 nitrogen and oxygen atoms in total. The lowest BCUT2D eigenvalue weighted by atomic mass is 9.93. The van der Waals surface area contributed by atoms with E-state index in [0.717, 1.165) is 29.9 Å². The van der Waals surface area contributed by atoms with Gasteiger partial charge in [0.1, 0.15) is 4.90 Å². The number of methoxy groups -OCH3 is 1. The van der Waals surface area contributed by atoms with Gasteiger partial charge < -0.3 is 8.92 Å². The molecule has 0 unspecified atom stereocenters. The molecule has 0 atom stereocenters. The van der Waals surface area contributed by atoms with Crippen LogP contribution in [0, 0.1) is 5.82 Å². The van der Waals surface area contributed by atoms with Crippen molar-refractivity contribution in [2.24, 2.45) is 0 Å². The standard InChI is InChI=1S/C21H18FNO6S/c1-28-18-12-17(23-20(24)14-9-5-6-10-15(14)21(23)25)16(22)11-19(18)29-30(26,27)13-7-3-2-4-8-13/h2-4,7-8,11-12H,5-6,9-10H2,1H3. The van der Waals surface area contributed by atoms with Gasteiger partial charge in [-0.15, -0.1) is 0 Å². The molecule has 0 N–H and O–H groups in total. The number of anilines is 1. The van der Waals surface area contributed by atoms with E-state index >= 15 is 0 Å². The molecule has 2 amide bonds. The lowest BCUT2D eigenvalue weighted by Crippen LogP contribution is -2.32. The van der Waals surface area contributed by atoms with Crippen LogP contribution < -0.4 is 13.8 Å². The van der Waals surface area contributed by atoms with Crippen LogP contribution >= 0.6 is 0 Å². The first-order chi connectivity index (χ1) is 14.3. The number of nitrogens with zero attached hydrogens (tertiary/aromatic N) is 1. The third kappa shape index (κ3) is 3.35. The molecule has 0 saturated carbocycles. The molecule has 2 aliphatic rings. The maximum Gasteiger partial charge on any atom is 0.339 e. The Bertz CT molecular complexity index is 1150. The highest BCUT2D eigenvalue weighted by atomic mass is 32.2. The van der Waals surface area contributed by atoms with Gasteiger partial charge in [0.15, 0.2) is 17.3 Å². The van der Waals surface area contributed by atoms with Crippen molar-refractivity contribution in [1.29, 1.82) is 0 Å². The first-order valence-electron chi connectivity index (χ1n) is 9.31. The van der Waals surface area contributed by atoms with Crippen molar-refractivity contribution in [3.05, 3.63) is 59.4 Å². The van der Waals surface area contributed by atoms with Gasteiger partial charge in [-0.2, -0.15) is 8.42 Å². The number of halogens is 1. The summed E-state index contributed by atoms with van der Waals surface area (Å²) in [6.07, 6.45) is 2.54. The smallest absolute Gasteiger partial charge is 0.339 e. The highest BCUT2D eigenvalue weighted by Gasteiger charge is 2.41. The van der Waals surface area contributed by atoms with Crippen molar-refractivity contribution >= 4 is 27.6 Å². The topological polar surface area (TPSA) is 90.0 Å². The molecule has 0 radical (unpaired) electrons. The molecule has 0 fully saturated rings. The maximum atomic E-state index is 14.9. The van der Waals surface area contributed by atoms with Gasteiger partial charge in [0.2, 0.25) is 0 Å². The van der Waals surface area contributed by atoms with Crippen LogP contribution in [0.4, 0.5) is 10.1 Å². The van der Waals surface area contributed by atoms with Crippen molar-refractivity contribution in [3.63, 3.8) is 0 Å². The monoisotopic (exact) mass is 431 g/mol. The van der Waals surface area contributed by atoms with Crippen LogP contribution in [0.3, 0.4) is 0 Å². The molecule has 0 spiro atoms. The number of amides is 2. The van der Waals surface area contributed by atoms with Gasteiger partial charge in [-0.25, -0.2) is 9.29 Å². The number of carbonyl (C=O) groups is 2. The predicted molar refractivity (Wildman–Crippen MR) is 105 cm³/mol. The van der Waals surface area contributed by atoms with E-state index in [1.165, 1.54) is 31.4 Å². The number of carbonyl (C=O) groups excluding carboxylic acids is 2. The van der Waals surface area contributed by atoms with Crippen LogP contribution in [-0.4, -0.2) is 27.3 Å². The number of hydrogen-bond acceptors (Lipinski definition) is 6. The molecule has 9 heteroatoms. The summed E-state index contributed by atoms with van der Waals surface area (Å²) in [7, 11) is -2.99. The van der Waals surface area contributed by atoms with E-state index in [-0.39, 0.29) is 22.1 Å². The van der Waals surface area contributed by atoms with Gasteiger partial charge in [-0.3, -0.25) is 9.59 Å². The normalized spacial score (nSPS) is 16.7. The van der Waals surface area contributed by atoms with E-state index in [1.54, 1.807) is 6.07 Å². The zero-order valence-corrected chi connectivity index (χ0v) is 16.9. The van der Waals surface area contributed by atoms with Crippen LogP contribution in [0.15, 0.2) is 58.5 Å². The second-order valence-corrected chi connectivity index (χ2v) is 8.46. The van der Waals surface area contributed by atoms with E-state index in [4.69, 9.17) is 8.92 Å². The first-order valence-corrected chi connectivity index (χ1v) is 10.7. The van der Waals surface area contributed by atoms with Gasteiger partial charge in [0, 0.05) is 23.3 Å². The molecule has 0 bridgehead atoms. The Morgan fingerprint density at radius 1 is 0.933 bits per heavy atom. The molecule has 1 heterocycles. The molecule has 30 heavy (non-hydrogen) atoms. The van der Waals surface area contributed by atoms with E-state index in [0.29, 0.717) is 24.0 Å². The third-order valence-electron chi connectivity index (χ3n) is 5.10. The second-order valence-electron chi connectivity index (χ2n) is 6.91. The number of hydrogen-bond donors (Lipinski definition) is 0. The highest BCUT2D eigenvalue weighted by molar-refractivity contribution is 7.87. The van der Waals surface area contributed by atoms with E-state index in [2.05, 4.69) is 0 Å². The number of imide groups is 1. The van der Waals surface area contributed by atoms with Crippen molar-refractivity contribution in [2.45, 2.75) is 30.6 Å². The number of rotatable bonds is 5. The quantitative estimate of drug-likeness (QED) is 0.533. The largest absolute Gasteiger partial charge is 0.493 e. The summed E-state index contributed by atoms with van der Waals surface area (Å²) < 4.78 is 50.1. The van der Waals surface area contributed by atoms with E-state index < -0.39 is 27.7 Å². The van der Waals surface area contributed by atoms with Crippen LogP contribution in [0.1, 0.15) is 25.7 Å². The maximum absolute atomic E-state index is 14.9. The van der Waals surface area contributed by atoms with Crippen molar-refractivity contribution < 1.29 is 31.3 Å². The minimum atomic E-state index is -4.24. The summed E-state index contributed by atoms with van der Waals surface area (Å²) in [5, 5.41) is 0. The molecule has 0 saturated heterocycles. The van der Waals surface area contributed by atoms with Gasteiger partial charge >= 0.3 is 10.1 Å². The zero-order valence-electron chi connectivity index (χ0n) is 16.1. The predicted octanol–water partition coefficient (Wildman–Crippen LogP) is 3.35. The molecule has 156 valence electrons. The third-order valence-corrected chi connectivity index (χ3v) is 6.34. The summed E-state index contributed by atoms with van der Waals surface area (Å²) >= 11 is 0. The van der Waals surface area contributed by atoms with Gasteiger partial charge in [0.05, 0.1) is 12.8 Å². The fourth-order valence-corrected chi connectivity index (χ4v) is 4.59. The Morgan fingerprint density at radius 3 is 2.10 bits per heavy atom.